The third kappa shape index (κ3) is 4.39. The van der Waals surface area contributed by atoms with E-state index in [1.54, 1.807) is 4.90 Å². The minimum absolute atomic E-state index is 0.000712. The minimum Gasteiger partial charge on any atom is -0.477 e. The van der Waals surface area contributed by atoms with Crippen LogP contribution in [-0.2, 0) is 16.0 Å². The summed E-state index contributed by atoms with van der Waals surface area (Å²) in [5, 5.41) is 13.2. The highest BCUT2D eigenvalue weighted by atomic mass is 32.2. The van der Waals surface area contributed by atoms with Crippen LogP contribution in [-0.4, -0.2) is 48.6 Å². The molecule has 0 unspecified atom stereocenters. The number of nitrogens with zero attached hydrogens (tertiary/aromatic N) is 3. The van der Waals surface area contributed by atoms with Gasteiger partial charge in [0.25, 0.3) is 0 Å². The van der Waals surface area contributed by atoms with E-state index >= 15 is 0 Å². The van der Waals surface area contributed by atoms with Crippen molar-refractivity contribution in [3.05, 3.63) is 35.5 Å². The molecule has 11 heteroatoms. The van der Waals surface area contributed by atoms with Gasteiger partial charge >= 0.3 is 12.1 Å². The van der Waals surface area contributed by atoms with Gasteiger partial charge in [0, 0.05) is 19.3 Å². The molecule has 0 bridgehead atoms. The molecule has 2 heterocycles. The van der Waals surface area contributed by atoms with Crippen LogP contribution in [0.4, 0.5) is 19.0 Å². The predicted molar refractivity (Wildman–Crippen MR) is 99.3 cm³/mol. The Kier molecular flexibility index (Phi) is 5.61. The van der Waals surface area contributed by atoms with Gasteiger partial charge in [-0.25, -0.2) is 17.9 Å². The minimum atomic E-state index is -4.95. The summed E-state index contributed by atoms with van der Waals surface area (Å²) in [7, 11) is -3.49. The smallest absolute Gasteiger partial charge is 0.436 e. The van der Waals surface area contributed by atoms with E-state index in [4.69, 9.17) is 0 Å². The summed E-state index contributed by atoms with van der Waals surface area (Å²) in [6.45, 7) is 0.815. The molecule has 1 aromatic heterocycles. The molecule has 158 valence electrons. The standard InChI is InChI=1S/C18H20F3N3O4S/c1-29(27,28)13-8-6-12(7-9-13)24-16(23-10-4-2-3-5-11-23)14(17(25)26)15(22-24)18(19,20)21/h6-9H,2-5,10-11H2,1H3,(H,25,26). The average molecular weight is 431 g/mol. The van der Waals surface area contributed by atoms with Crippen LogP contribution in [0.25, 0.3) is 5.69 Å². The van der Waals surface area contributed by atoms with Gasteiger partial charge in [-0.15, -0.1) is 0 Å². The monoisotopic (exact) mass is 431 g/mol. The van der Waals surface area contributed by atoms with Crippen molar-refractivity contribution in [3.8, 4) is 5.69 Å². The van der Waals surface area contributed by atoms with Crippen molar-refractivity contribution in [2.75, 3.05) is 24.2 Å². The first-order valence-electron chi connectivity index (χ1n) is 8.99. The molecule has 1 aliphatic rings. The van der Waals surface area contributed by atoms with E-state index in [-0.39, 0.29) is 16.4 Å². The summed E-state index contributed by atoms with van der Waals surface area (Å²) < 4.78 is 64.9. The number of sulfone groups is 1. The second kappa shape index (κ2) is 7.69. The summed E-state index contributed by atoms with van der Waals surface area (Å²) in [6, 6.07) is 5.14. The molecule has 1 saturated heterocycles. The third-order valence-electron chi connectivity index (χ3n) is 4.76. The third-order valence-corrected chi connectivity index (χ3v) is 5.89. The van der Waals surface area contributed by atoms with Gasteiger partial charge in [0.05, 0.1) is 10.6 Å². The molecular formula is C18H20F3N3O4S. The Morgan fingerprint density at radius 2 is 1.62 bits per heavy atom. The lowest BCUT2D eigenvalue weighted by Gasteiger charge is -2.24. The Labute approximate surface area is 165 Å². The second-order valence-corrected chi connectivity index (χ2v) is 8.94. The van der Waals surface area contributed by atoms with Crippen LogP contribution in [0.2, 0.25) is 0 Å². The van der Waals surface area contributed by atoms with Crippen LogP contribution in [0.5, 0.6) is 0 Å². The zero-order valence-electron chi connectivity index (χ0n) is 15.6. The molecule has 3 rings (SSSR count). The van der Waals surface area contributed by atoms with Crippen molar-refractivity contribution >= 4 is 21.6 Å². The fourth-order valence-corrected chi connectivity index (χ4v) is 4.02. The van der Waals surface area contributed by atoms with Gasteiger partial charge in [0.15, 0.2) is 15.5 Å². The van der Waals surface area contributed by atoms with Crippen LogP contribution < -0.4 is 4.90 Å². The Hall–Kier alpha value is -2.56. The molecule has 1 aromatic carbocycles. The summed E-state index contributed by atoms with van der Waals surface area (Å²) in [6.07, 6.45) is -0.684. The number of carboxylic acid groups (broad SMARTS) is 1. The fourth-order valence-electron chi connectivity index (χ4n) is 3.39. The molecule has 0 radical (unpaired) electrons. The van der Waals surface area contributed by atoms with Crippen LogP contribution in [0.3, 0.4) is 0 Å². The number of carboxylic acids is 1. The van der Waals surface area contributed by atoms with Gasteiger partial charge in [-0.3, -0.25) is 0 Å². The van der Waals surface area contributed by atoms with E-state index in [2.05, 4.69) is 5.10 Å². The summed E-state index contributed by atoms with van der Waals surface area (Å²) >= 11 is 0. The molecule has 0 saturated carbocycles. The number of hydrogen-bond donors (Lipinski definition) is 1. The van der Waals surface area contributed by atoms with Crippen molar-refractivity contribution in [2.24, 2.45) is 0 Å². The molecule has 0 spiro atoms. The summed E-state index contributed by atoms with van der Waals surface area (Å²) in [4.78, 5) is 13.4. The van der Waals surface area contributed by atoms with E-state index in [0.29, 0.717) is 13.1 Å². The van der Waals surface area contributed by atoms with E-state index in [1.165, 1.54) is 24.3 Å². The number of anilines is 1. The van der Waals surface area contributed by atoms with Crippen LogP contribution in [0.15, 0.2) is 29.2 Å². The van der Waals surface area contributed by atoms with Gasteiger partial charge in [0.2, 0.25) is 0 Å². The topological polar surface area (TPSA) is 92.5 Å². The Morgan fingerprint density at radius 3 is 2.07 bits per heavy atom. The van der Waals surface area contributed by atoms with Gasteiger partial charge in [-0.1, -0.05) is 12.8 Å². The maximum Gasteiger partial charge on any atom is 0.436 e. The number of carbonyl (C=O) groups is 1. The Morgan fingerprint density at radius 1 is 1.07 bits per heavy atom. The molecule has 2 aromatic rings. The summed E-state index contributed by atoms with van der Waals surface area (Å²) in [5.74, 6) is -1.85. The molecular weight excluding hydrogens is 411 g/mol. The number of rotatable bonds is 4. The van der Waals surface area contributed by atoms with E-state index in [9.17, 15) is 31.5 Å². The van der Waals surface area contributed by atoms with Gasteiger partial charge < -0.3 is 10.0 Å². The quantitative estimate of drug-likeness (QED) is 0.798. The molecule has 1 aliphatic heterocycles. The SMILES string of the molecule is CS(=O)(=O)c1ccc(-n2nc(C(F)(F)F)c(C(=O)O)c2N2CCCCCC2)cc1. The van der Waals surface area contributed by atoms with Crippen LogP contribution in [0.1, 0.15) is 41.7 Å². The van der Waals surface area contributed by atoms with Gasteiger partial charge in [-0.05, 0) is 37.1 Å². The summed E-state index contributed by atoms with van der Waals surface area (Å²) in [5.41, 5.74) is -2.22. The normalized spacial score (nSPS) is 15.9. The molecule has 0 aliphatic carbocycles. The van der Waals surface area contributed by atoms with Crippen LogP contribution >= 0.6 is 0 Å². The zero-order chi connectivity index (χ0) is 21.4. The van der Waals surface area contributed by atoms with Crippen molar-refractivity contribution in [2.45, 2.75) is 36.8 Å². The van der Waals surface area contributed by atoms with Crippen molar-refractivity contribution in [1.82, 2.24) is 9.78 Å². The maximum atomic E-state index is 13.5. The molecule has 1 N–H and O–H groups in total. The van der Waals surface area contributed by atoms with Crippen molar-refractivity contribution in [3.63, 3.8) is 0 Å². The van der Waals surface area contributed by atoms with E-state index in [1.807, 2.05) is 0 Å². The fraction of sp³-hybridized carbons (Fsp3) is 0.444. The van der Waals surface area contributed by atoms with Gasteiger partial charge in [-0.2, -0.15) is 18.3 Å². The van der Waals surface area contributed by atoms with E-state index < -0.39 is 33.2 Å². The predicted octanol–water partition coefficient (Wildman–Crippen LogP) is 3.37. The highest BCUT2D eigenvalue weighted by Gasteiger charge is 2.43. The number of benzene rings is 1. The first kappa shape index (κ1) is 21.2. The maximum absolute atomic E-state index is 13.5. The van der Waals surface area contributed by atoms with Crippen LogP contribution in [0, 0.1) is 0 Å². The lowest BCUT2D eigenvalue weighted by Crippen LogP contribution is -2.28. The number of aromatic nitrogens is 2. The van der Waals surface area contributed by atoms with Crippen molar-refractivity contribution in [1.29, 1.82) is 0 Å². The highest BCUT2D eigenvalue weighted by Crippen LogP contribution is 2.38. The van der Waals surface area contributed by atoms with Crippen molar-refractivity contribution < 1.29 is 31.5 Å². The molecule has 7 nitrogen and oxygen atoms in total. The lowest BCUT2D eigenvalue weighted by atomic mass is 10.2. The largest absolute Gasteiger partial charge is 0.477 e. The van der Waals surface area contributed by atoms with Gasteiger partial charge in [0.1, 0.15) is 11.4 Å². The number of halogens is 3. The molecule has 0 amide bonds. The Balaban J connectivity index is 2.23. The molecule has 1 fully saturated rings. The average Bonchev–Trinajstić information content (AvgIpc) is 2.84. The Bertz CT molecular complexity index is 1010. The lowest BCUT2D eigenvalue weighted by molar-refractivity contribution is -0.141. The molecule has 0 atom stereocenters. The number of hydrogen-bond acceptors (Lipinski definition) is 5. The van der Waals surface area contributed by atoms with E-state index in [0.717, 1.165) is 36.6 Å². The first-order chi connectivity index (χ1) is 13.5. The zero-order valence-corrected chi connectivity index (χ0v) is 16.4. The second-order valence-electron chi connectivity index (χ2n) is 6.93. The molecule has 29 heavy (non-hydrogen) atoms. The number of aromatic carboxylic acids is 1. The number of alkyl halides is 3. The highest BCUT2D eigenvalue weighted by molar-refractivity contribution is 7.90. The first-order valence-corrected chi connectivity index (χ1v) is 10.9.